The molecule has 0 saturated heterocycles. The molecule has 0 amide bonds. The summed E-state index contributed by atoms with van der Waals surface area (Å²) >= 11 is 1.29. The minimum Gasteiger partial charge on any atom is -0.478 e. The molecule has 7 nitrogen and oxygen atoms in total. The lowest BCUT2D eigenvalue weighted by Crippen LogP contribution is -2.32. The van der Waals surface area contributed by atoms with Crippen LogP contribution >= 0.6 is 11.3 Å². The van der Waals surface area contributed by atoms with Crippen LogP contribution < -0.4 is 0 Å². The van der Waals surface area contributed by atoms with Crippen molar-refractivity contribution in [2.45, 2.75) is 69.5 Å². The molecule has 0 aliphatic heterocycles. The summed E-state index contributed by atoms with van der Waals surface area (Å²) in [5.41, 5.74) is -1.28. The molecule has 0 bridgehead atoms. The molecule has 2 heterocycles. The second kappa shape index (κ2) is 11.4. The van der Waals surface area contributed by atoms with Crippen molar-refractivity contribution in [1.82, 2.24) is 10.1 Å². The molecule has 6 rings (SSSR count). The molecule has 2 fully saturated rings. The molecule has 222 valence electrons. The van der Waals surface area contributed by atoms with Crippen LogP contribution in [0.15, 0.2) is 40.9 Å². The largest absolute Gasteiger partial charge is 0.478 e. The maximum absolute atomic E-state index is 13.9. The van der Waals surface area contributed by atoms with E-state index < -0.39 is 35.5 Å². The second-order valence-corrected chi connectivity index (χ2v) is 12.1. The van der Waals surface area contributed by atoms with Crippen molar-refractivity contribution >= 4 is 27.5 Å². The van der Waals surface area contributed by atoms with E-state index in [1.54, 1.807) is 12.1 Å². The second-order valence-electron chi connectivity index (χ2n) is 11.1. The molecule has 2 aromatic carbocycles. The molecule has 0 unspecified atom stereocenters. The van der Waals surface area contributed by atoms with Gasteiger partial charge in [-0.1, -0.05) is 23.4 Å². The van der Waals surface area contributed by atoms with Crippen LogP contribution in [0.3, 0.4) is 0 Å². The van der Waals surface area contributed by atoms with E-state index in [0.717, 1.165) is 25.0 Å². The molecule has 4 aromatic rings. The smallest absolute Gasteiger partial charge is 0.335 e. The van der Waals surface area contributed by atoms with E-state index in [1.165, 1.54) is 23.5 Å². The normalized spacial score (nSPS) is 21.1. The molecule has 2 aromatic heterocycles. The van der Waals surface area contributed by atoms with E-state index in [4.69, 9.17) is 9.26 Å². The number of carbonyl (C=O) groups is 1. The molecule has 0 spiro atoms. The summed E-state index contributed by atoms with van der Waals surface area (Å²) in [5.74, 6) is -0.366. The van der Waals surface area contributed by atoms with Gasteiger partial charge in [0.2, 0.25) is 0 Å². The number of benzene rings is 2. The number of thiazole rings is 1. The molecule has 2 aliphatic rings. The molecule has 2 saturated carbocycles. The lowest BCUT2D eigenvalue weighted by molar-refractivity contribution is -0.0302. The van der Waals surface area contributed by atoms with Crippen molar-refractivity contribution in [2.24, 2.45) is 5.92 Å². The van der Waals surface area contributed by atoms with Gasteiger partial charge in [0.25, 0.3) is 12.9 Å². The Labute approximate surface area is 242 Å². The molecule has 2 aliphatic carbocycles. The number of rotatable bonds is 10. The fraction of sp³-hybridized carbons (Fsp3) is 0.433. The minimum atomic E-state index is -2.97. The quantitative estimate of drug-likeness (QED) is 0.177. The van der Waals surface area contributed by atoms with Crippen LogP contribution in [0.2, 0.25) is 0 Å². The van der Waals surface area contributed by atoms with Gasteiger partial charge >= 0.3 is 5.97 Å². The van der Waals surface area contributed by atoms with Crippen molar-refractivity contribution in [2.75, 3.05) is 6.61 Å². The number of aromatic nitrogens is 2. The van der Waals surface area contributed by atoms with Crippen LogP contribution in [0.25, 0.3) is 21.5 Å². The van der Waals surface area contributed by atoms with E-state index in [9.17, 15) is 32.6 Å². The van der Waals surface area contributed by atoms with E-state index in [0.29, 0.717) is 58.8 Å². The van der Waals surface area contributed by atoms with Gasteiger partial charge in [0.1, 0.15) is 22.1 Å². The number of aromatic carboxylic acids is 1. The fourth-order valence-corrected chi connectivity index (χ4v) is 6.82. The van der Waals surface area contributed by atoms with Gasteiger partial charge in [0, 0.05) is 34.8 Å². The first-order valence-corrected chi connectivity index (χ1v) is 14.6. The number of halogens is 4. The summed E-state index contributed by atoms with van der Waals surface area (Å²) in [7, 11) is 0. The average molecular weight is 605 g/mol. The lowest BCUT2D eigenvalue weighted by atomic mass is 9.79. The maximum atomic E-state index is 13.9. The maximum Gasteiger partial charge on any atom is 0.335 e. The first-order chi connectivity index (χ1) is 20.1. The van der Waals surface area contributed by atoms with Crippen LogP contribution in [0, 0.1) is 5.92 Å². The zero-order chi connectivity index (χ0) is 29.6. The third-order valence-electron chi connectivity index (χ3n) is 8.17. The summed E-state index contributed by atoms with van der Waals surface area (Å²) in [6, 6.07) is 8.13. The molecular weight excluding hydrogens is 576 g/mol. The number of hydrogen-bond donors (Lipinski definition) is 2. The molecule has 42 heavy (non-hydrogen) atoms. The summed E-state index contributed by atoms with van der Waals surface area (Å²) in [5, 5.41) is 25.2. The number of hydrogen-bond acceptors (Lipinski definition) is 7. The third-order valence-corrected chi connectivity index (χ3v) is 9.38. The molecular formula is C30H28F4N2O5S. The Balaban J connectivity index is 1.15. The van der Waals surface area contributed by atoms with Crippen LogP contribution in [0.1, 0.15) is 95.1 Å². The predicted octanol–water partition coefficient (Wildman–Crippen LogP) is 8.00. The summed E-state index contributed by atoms with van der Waals surface area (Å²) < 4.78 is 67.7. The van der Waals surface area contributed by atoms with E-state index in [2.05, 4.69) is 10.1 Å². The Hall–Kier alpha value is -3.35. The molecule has 12 heteroatoms. The Bertz CT molecular complexity index is 1580. The number of nitrogens with zero attached hydrogens (tertiary/aromatic N) is 2. The Morgan fingerprint density at radius 3 is 2.38 bits per heavy atom. The molecule has 0 atom stereocenters. The van der Waals surface area contributed by atoms with E-state index >= 15 is 0 Å². The first kappa shape index (κ1) is 28.8. The van der Waals surface area contributed by atoms with Crippen molar-refractivity contribution in [3.05, 3.63) is 69.4 Å². The average Bonchev–Trinajstić information content (AvgIpc) is 3.57. The van der Waals surface area contributed by atoms with Gasteiger partial charge < -0.3 is 19.5 Å². The highest BCUT2D eigenvalue weighted by Gasteiger charge is 2.38. The zero-order valence-corrected chi connectivity index (χ0v) is 23.2. The number of fused-ring (bicyclic) bond motifs is 1. The molecule has 0 radical (unpaired) electrons. The van der Waals surface area contributed by atoms with Crippen LogP contribution in [0.5, 0.6) is 0 Å². The third kappa shape index (κ3) is 5.55. The fourth-order valence-electron chi connectivity index (χ4n) is 5.67. The van der Waals surface area contributed by atoms with Crippen LogP contribution in [-0.2, 0) is 16.9 Å². The van der Waals surface area contributed by atoms with Gasteiger partial charge in [-0.25, -0.2) is 27.3 Å². The van der Waals surface area contributed by atoms with Gasteiger partial charge in [-0.3, -0.25) is 0 Å². The van der Waals surface area contributed by atoms with Crippen LogP contribution in [-0.4, -0.2) is 32.9 Å². The number of carboxylic acids is 1. The van der Waals surface area contributed by atoms with Crippen LogP contribution in [0.4, 0.5) is 17.6 Å². The highest BCUT2D eigenvalue weighted by molar-refractivity contribution is 7.18. The van der Waals surface area contributed by atoms with Crippen molar-refractivity contribution in [1.29, 1.82) is 0 Å². The van der Waals surface area contributed by atoms with Gasteiger partial charge in [0.15, 0.2) is 0 Å². The highest BCUT2D eigenvalue weighted by Crippen LogP contribution is 2.47. The number of alkyl halides is 4. The van der Waals surface area contributed by atoms with Gasteiger partial charge in [-0.2, -0.15) is 0 Å². The number of ether oxygens (including phenoxy) is 1. The SMILES string of the molecule is O=C(O)c1ccc2nc(C3(O)CCC(COCc4c(-c5c(C(F)F)cccc5C(F)F)noc4C4CC4)CC3)sc2c1. The lowest BCUT2D eigenvalue weighted by Gasteiger charge is -2.34. The van der Waals surface area contributed by atoms with Gasteiger partial charge in [-0.05, 0) is 62.6 Å². The molecule has 2 N–H and O–H groups in total. The van der Waals surface area contributed by atoms with E-state index in [1.807, 2.05) is 0 Å². The summed E-state index contributed by atoms with van der Waals surface area (Å²) in [6.07, 6.45) is -2.09. The monoisotopic (exact) mass is 604 g/mol. The standard InChI is InChI=1S/C30H28F4N2O5S/c31-26(32)18-2-1-3-19(27(33)34)23(18)24-20(25(41-36-24)16-4-5-16)14-40-13-15-8-10-30(39,11-9-15)29-35-21-7-6-17(28(37)38)12-22(21)42-29/h1-3,6-7,12,15-16,26-27,39H,4-5,8-11,13-14H2,(H,37,38). The van der Waals surface area contributed by atoms with E-state index in [-0.39, 0.29) is 35.3 Å². The minimum absolute atomic E-state index is 0.0184. The van der Waals surface area contributed by atoms with Gasteiger partial charge in [-0.15, -0.1) is 11.3 Å². The van der Waals surface area contributed by atoms with Gasteiger partial charge in [0.05, 0.1) is 22.4 Å². The summed E-state index contributed by atoms with van der Waals surface area (Å²) in [4.78, 5) is 15.9. The zero-order valence-electron chi connectivity index (χ0n) is 22.4. The Kier molecular flexibility index (Phi) is 7.79. The predicted molar refractivity (Wildman–Crippen MR) is 146 cm³/mol. The number of carboxylic acid groups (broad SMARTS) is 1. The first-order valence-electron chi connectivity index (χ1n) is 13.8. The van der Waals surface area contributed by atoms with Crippen molar-refractivity contribution < 1.29 is 41.8 Å². The Morgan fingerprint density at radius 2 is 1.76 bits per heavy atom. The van der Waals surface area contributed by atoms with Crippen molar-refractivity contribution in [3.8, 4) is 11.3 Å². The highest BCUT2D eigenvalue weighted by atomic mass is 32.1. The topological polar surface area (TPSA) is 106 Å². The Morgan fingerprint density at radius 1 is 1.07 bits per heavy atom. The van der Waals surface area contributed by atoms with Crippen molar-refractivity contribution in [3.63, 3.8) is 0 Å². The number of aliphatic hydroxyl groups is 1. The summed E-state index contributed by atoms with van der Waals surface area (Å²) in [6.45, 7) is 0.306.